The molecule has 7 nitrogen and oxygen atoms in total. The maximum atomic E-state index is 12.9. The molecule has 3 aromatic carbocycles. The van der Waals surface area contributed by atoms with Crippen LogP contribution in [0.5, 0.6) is 11.5 Å². The maximum absolute atomic E-state index is 12.9. The summed E-state index contributed by atoms with van der Waals surface area (Å²) in [6, 6.07) is 19.7. The van der Waals surface area contributed by atoms with Crippen molar-refractivity contribution in [3.05, 3.63) is 88.7 Å². The fourth-order valence-corrected chi connectivity index (χ4v) is 4.02. The Balaban J connectivity index is 1.42. The first-order chi connectivity index (χ1) is 17.0. The van der Waals surface area contributed by atoms with Crippen LogP contribution in [0.15, 0.2) is 66.7 Å². The first-order valence-electron chi connectivity index (χ1n) is 11.2. The largest absolute Gasteiger partial charge is 0.493 e. The Hall–Kier alpha value is -3.84. The van der Waals surface area contributed by atoms with Gasteiger partial charge in [0.25, 0.3) is 5.91 Å². The number of hydrogen-bond acceptors (Lipinski definition) is 5. The van der Waals surface area contributed by atoms with E-state index in [1.165, 1.54) is 7.11 Å². The van der Waals surface area contributed by atoms with Crippen molar-refractivity contribution < 1.29 is 19.1 Å². The lowest BCUT2D eigenvalue weighted by Gasteiger charge is -2.11. The molecule has 0 aliphatic rings. The first-order valence-corrected chi connectivity index (χ1v) is 11.6. The molecule has 1 amide bonds. The normalized spacial score (nSPS) is 10.8. The second-order valence-electron chi connectivity index (χ2n) is 7.96. The fourth-order valence-electron chi connectivity index (χ4n) is 3.89. The van der Waals surface area contributed by atoms with Gasteiger partial charge in [0.2, 0.25) is 0 Å². The second kappa shape index (κ2) is 11.1. The number of nitrogens with one attached hydrogen (secondary N) is 1. The van der Waals surface area contributed by atoms with E-state index in [4.69, 9.17) is 26.1 Å². The second-order valence-corrected chi connectivity index (χ2v) is 8.40. The molecule has 180 valence electrons. The molecule has 4 rings (SSSR count). The zero-order valence-corrected chi connectivity index (χ0v) is 20.3. The van der Waals surface area contributed by atoms with Crippen molar-refractivity contribution in [1.82, 2.24) is 14.9 Å². The number of ether oxygens (including phenoxy) is 2. The average Bonchev–Trinajstić information content (AvgIpc) is 3.23. The third-order valence-corrected chi connectivity index (χ3v) is 5.96. The number of carbonyl (C=O) groups excluding carboxylic acids is 2. The van der Waals surface area contributed by atoms with Gasteiger partial charge >= 0.3 is 0 Å². The number of aryl methyl sites for hydroxylation is 1. The van der Waals surface area contributed by atoms with Gasteiger partial charge in [-0.15, -0.1) is 0 Å². The number of methoxy groups -OCH3 is 2. The number of Topliss-reactive ketones (excluding diaryl/α,β-unsaturated/α-hetero) is 1. The molecule has 8 heteroatoms. The minimum Gasteiger partial charge on any atom is -0.493 e. The standard InChI is InChI=1S/C27H26ClN3O4/c1-34-24-14-11-19(16-25(24)35-2)27(33)29-15-5-8-26-30-21-6-3-4-7-22(21)31(26)17-23(32)18-9-12-20(28)13-10-18/h3-4,6-7,9-14,16H,5,8,15,17H2,1-2H3,(H,29,33). The third kappa shape index (κ3) is 5.63. The number of benzene rings is 3. The Morgan fingerprint density at radius 1 is 0.943 bits per heavy atom. The van der Waals surface area contributed by atoms with Gasteiger partial charge in [-0.25, -0.2) is 4.98 Å². The zero-order chi connectivity index (χ0) is 24.8. The van der Waals surface area contributed by atoms with Crippen LogP contribution in [0.25, 0.3) is 11.0 Å². The highest BCUT2D eigenvalue weighted by atomic mass is 35.5. The quantitative estimate of drug-likeness (QED) is 0.250. The summed E-state index contributed by atoms with van der Waals surface area (Å²) in [5.74, 6) is 1.65. The van der Waals surface area contributed by atoms with E-state index in [9.17, 15) is 9.59 Å². The molecule has 0 unspecified atom stereocenters. The maximum Gasteiger partial charge on any atom is 0.251 e. The number of imidazole rings is 1. The number of rotatable bonds is 10. The molecule has 0 spiro atoms. The zero-order valence-electron chi connectivity index (χ0n) is 19.6. The molecule has 0 bridgehead atoms. The highest BCUT2D eigenvalue weighted by Crippen LogP contribution is 2.27. The van der Waals surface area contributed by atoms with E-state index >= 15 is 0 Å². The van der Waals surface area contributed by atoms with E-state index in [1.807, 2.05) is 28.8 Å². The summed E-state index contributed by atoms with van der Waals surface area (Å²) in [5.41, 5.74) is 2.82. The highest BCUT2D eigenvalue weighted by Gasteiger charge is 2.15. The van der Waals surface area contributed by atoms with Gasteiger partial charge in [0.1, 0.15) is 5.82 Å². The molecule has 0 aliphatic carbocycles. The van der Waals surface area contributed by atoms with Crippen molar-refractivity contribution >= 4 is 34.3 Å². The molecule has 4 aromatic rings. The molecular formula is C27H26ClN3O4. The molecule has 0 radical (unpaired) electrons. The molecule has 0 saturated heterocycles. The summed E-state index contributed by atoms with van der Waals surface area (Å²) in [6.45, 7) is 0.636. The molecular weight excluding hydrogens is 466 g/mol. The van der Waals surface area contributed by atoms with E-state index in [0.29, 0.717) is 47.0 Å². The minimum absolute atomic E-state index is 0.0205. The number of para-hydroxylation sites is 2. The van der Waals surface area contributed by atoms with Gasteiger partial charge < -0.3 is 19.4 Å². The van der Waals surface area contributed by atoms with E-state index in [0.717, 1.165) is 16.9 Å². The number of carbonyl (C=O) groups is 2. The van der Waals surface area contributed by atoms with Crippen LogP contribution in [0.4, 0.5) is 0 Å². The number of aromatic nitrogens is 2. The van der Waals surface area contributed by atoms with Crippen molar-refractivity contribution in [1.29, 1.82) is 0 Å². The number of ketones is 1. The number of halogens is 1. The van der Waals surface area contributed by atoms with Gasteiger partial charge in [-0.05, 0) is 61.0 Å². The van der Waals surface area contributed by atoms with Crippen molar-refractivity contribution in [2.75, 3.05) is 20.8 Å². The lowest BCUT2D eigenvalue weighted by Crippen LogP contribution is -2.25. The molecule has 0 aliphatic heterocycles. The van der Waals surface area contributed by atoms with Crippen LogP contribution in [-0.2, 0) is 13.0 Å². The summed E-state index contributed by atoms with van der Waals surface area (Å²) in [6.07, 6.45) is 1.27. The summed E-state index contributed by atoms with van der Waals surface area (Å²) in [5, 5.41) is 3.52. The highest BCUT2D eigenvalue weighted by molar-refractivity contribution is 6.30. The Bertz CT molecular complexity index is 1350. The topological polar surface area (TPSA) is 82.5 Å². The molecule has 1 N–H and O–H groups in total. The molecule has 35 heavy (non-hydrogen) atoms. The minimum atomic E-state index is -0.197. The van der Waals surface area contributed by atoms with Crippen molar-refractivity contribution in [2.45, 2.75) is 19.4 Å². The molecule has 0 fully saturated rings. The number of amides is 1. The van der Waals surface area contributed by atoms with Crippen LogP contribution in [0.3, 0.4) is 0 Å². The monoisotopic (exact) mass is 491 g/mol. The van der Waals surface area contributed by atoms with Crippen LogP contribution in [0.1, 0.15) is 33.0 Å². The SMILES string of the molecule is COc1ccc(C(=O)NCCCc2nc3ccccc3n2CC(=O)c2ccc(Cl)cc2)cc1OC. The summed E-state index contributed by atoms with van der Waals surface area (Å²) >= 11 is 5.96. The van der Waals surface area contributed by atoms with Crippen LogP contribution < -0.4 is 14.8 Å². The Kier molecular flexibility index (Phi) is 7.67. The summed E-state index contributed by atoms with van der Waals surface area (Å²) in [7, 11) is 3.08. The van der Waals surface area contributed by atoms with Gasteiger partial charge in [0.05, 0.1) is 31.8 Å². The Labute approximate surface area is 208 Å². The van der Waals surface area contributed by atoms with Crippen LogP contribution in [0.2, 0.25) is 5.02 Å². The Morgan fingerprint density at radius 2 is 1.66 bits per heavy atom. The van der Waals surface area contributed by atoms with Gasteiger partial charge in [-0.2, -0.15) is 0 Å². The molecule has 1 aromatic heterocycles. The molecule has 1 heterocycles. The molecule has 0 atom stereocenters. The van der Waals surface area contributed by atoms with Crippen LogP contribution >= 0.6 is 11.6 Å². The fraction of sp³-hybridized carbons (Fsp3) is 0.222. The number of nitrogens with zero attached hydrogens (tertiary/aromatic N) is 2. The van der Waals surface area contributed by atoms with Gasteiger partial charge in [0, 0.05) is 29.1 Å². The summed E-state index contributed by atoms with van der Waals surface area (Å²) < 4.78 is 12.4. The smallest absolute Gasteiger partial charge is 0.251 e. The van der Waals surface area contributed by atoms with E-state index < -0.39 is 0 Å². The van der Waals surface area contributed by atoms with Crippen molar-refractivity contribution in [3.63, 3.8) is 0 Å². The predicted octanol–water partition coefficient (Wildman–Crippen LogP) is 4.95. The lowest BCUT2D eigenvalue weighted by molar-refractivity contribution is 0.0951. The van der Waals surface area contributed by atoms with E-state index in [-0.39, 0.29) is 18.2 Å². The van der Waals surface area contributed by atoms with Gasteiger partial charge in [-0.3, -0.25) is 9.59 Å². The van der Waals surface area contributed by atoms with E-state index in [1.54, 1.807) is 49.6 Å². The Morgan fingerprint density at radius 3 is 2.40 bits per heavy atom. The van der Waals surface area contributed by atoms with Crippen LogP contribution in [0, 0.1) is 0 Å². The third-order valence-electron chi connectivity index (χ3n) is 5.71. The number of hydrogen-bond donors (Lipinski definition) is 1. The number of fused-ring (bicyclic) bond motifs is 1. The van der Waals surface area contributed by atoms with E-state index in [2.05, 4.69) is 5.32 Å². The summed E-state index contributed by atoms with van der Waals surface area (Å²) in [4.78, 5) is 30.2. The van der Waals surface area contributed by atoms with Crippen LogP contribution in [-0.4, -0.2) is 42.0 Å². The predicted molar refractivity (Wildman–Crippen MR) is 136 cm³/mol. The molecule has 0 saturated carbocycles. The lowest BCUT2D eigenvalue weighted by atomic mass is 10.1. The first kappa shape index (κ1) is 24.3. The van der Waals surface area contributed by atoms with Crippen molar-refractivity contribution in [3.8, 4) is 11.5 Å². The van der Waals surface area contributed by atoms with Gasteiger partial charge in [0.15, 0.2) is 17.3 Å². The average molecular weight is 492 g/mol. The van der Waals surface area contributed by atoms with Crippen molar-refractivity contribution in [2.24, 2.45) is 0 Å². The van der Waals surface area contributed by atoms with Gasteiger partial charge in [-0.1, -0.05) is 23.7 Å².